The van der Waals surface area contributed by atoms with Gasteiger partial charge in [0.1, 0.15) is 0 Å². The van der Waals surface area contributed by atoms with Crippen molar-refractivity contribution in [2.24, 2.45) is 7.05 Å². The van der Waals surface area contributed by atoms with Crippen LogP contribution in [0.25, 0.3) is 0 Å². The summed E-state index contributed by atoms with van der Waals surface area (Å²) in [7, 11) is 1.94. The molecule has 2 aromatic rings. The lowest BCUT2D eigenvalue weighted by atomic mass is 10.0. The number of nitrogens with one attached hydrogen (secondary N) is 1. The van der Waals surface area contributed by atoms with E-state index in [1.165, 1.54) is 11.1 Å². The van der Waals surface area contributed by atoms with E-state index in [4.69, 9.17) is 4.42 Å². The van der Waals surface area contributed by atoms with Crippen LogP contribution in [0.5, 0.6) is 0 Å². The zero-order valence-corrected chi connectivity index (χ0v) is 12.3. The minimum atomic E-state index is 0.309. The molecule has 1 N–H and O–H groups in total. The van der Waals surface area contributed by atoms with Crippen LogP contribution in [0.2, 0.25) is 0 Å². The third-order valence-corrected chi connectivity index (χ3v) is 3.60. The van der Waals surface area contributed by atoms with Gasteiger partial charge in [-0.15, -0.1) is 0 Å². The Labute approximate surface area is 115 Å². The van der Waals surface area contributed by atoms with E-state index in [1.807, 2.05) is 24.0 Å². The van der Waals surface area contributed by atoms with Crippen LogP contribution in [0.1, 0.15) is 30.5 Å². The quantitative estimate of drug-likeness (QED) is 0.891. The van der Waals surface area contributed by atoms with E-state index in [0.717, 1.165) is 24.1 Å². The van der Waals surface area contributed by atoms with Crippen LogP contribution in [-0.4, -0.2) is 16.3 Å². The molecule has 0 aliphatic heterocycles. The Balaban J connectivity index is 2.01. The molecule has 0 fully saturated rings. The molecule has 0 spiro atoms. The molecular weight excluding hydrogens is 294 g/mol. The Hall–Kier alpha value is -1.07. The second kappa shape index (κ2) is 6.20. The van der Waals surface area contributed by atoms with Crippen LogP contribution in [0.3, 0.4) is 0 Å². The number of furan rings is 1. The molecule has 18 heavy (non-hydrogen) atoms. The summed E-state index contributed by atoms with van der Waals surface area (Å²) < 4.78 is 7.97. The summed E-state index contributed by atoms with van der Waals surface area (Å²) in [4.78, 5) is 0. The van der Waals surface area contributed by atoms with Gasteiger partial charge in [-0.05, 0) is 46.9 Å². The number of rotatable bonds is 6. The minimum Gasteiger partial charge on any atom is -0.457 e. The van der Waals surface area contributed by atoms with Crippen molar-refractivity contribution in [3.05, 3.63) is 40.5 Å². The van der Waals surface area contributed by atoms with Gasteiger partial charge in [-0.2, -0.15) is 5.10 Å². The maximum Gasteiger partial charge on any atom is 0.173 e. The number of aromatic nitrogens is 2. The van der Waals surface area contributed by atoms with E-state index >= 15 is 0 Å². The molecule has 0 saturated heterocycles. The van der Waals surface area contributed by atoms with Crippen molar-refractivity contribution in [1.29, 1.82) is 0 Å². The van der Waals surface area contributed by atoms with Crippen molar-refractivity contribution < 1.29 is 4.42 Å². The molecule has 0 aliphatic carbocycles. The molecular formula is C13H18BrN3O. The van der Waals surface area contributed by atoms with Crippen LogP contribution in [0.4, 0.5) is 0 Å². The number of halogens is 1. The van der Waals surface area contributed by atoms with Crippen molar-refractivity contribution >= 4 is 15.9 Å². The summed E-state index contributed by atoms with van der Waals surface area (Å²) >= 11 is 3.44. The summed E-state index contributed by atoms with van der Waals surface area (Å²) in [5.74, 6) is 0. The lowest BCUT2D eigenvalue weighted by Crippen LogP contribution is -2.21. The first-order valence-corrected chi connectivity index (χ1v) is 6.93. The van der Waals surface area contributed by atoms with Gasteiger partial charge in [-0.3, -0.25) is 4.68 Å². The van der Waals surface area contributed by atoms with Crippen molar-refractivity contribution in [3.63, 3.8) is 0 Å². The first-order chi connectivity index (χ1) is 8.70. The van der Waals surface area contributed by atoms with Gasteiger partial charge in [-0.1, -0.05) is 6.92 Å². The highest BCUT2D eigenvalue weighted by molar-refractivity contribution is 9.10. The molecule has 0 saturated carbocycles. The largest absolute Gasteiger partial charge is 0.457 e. The predicted octanol–water partition coefficient (Wildman–Crippen LogP) is 3.06. The zero-order valence-electron chi connectivity index (χ0n) is 10.7. The van der Waals surface area contributed by atoms with Crippen LogP contribution >= 0.6 is 15.9 Å². The molecule has 2 aromatic heterocycles. The highest BCUT2D eigenvalue weighted by Gasteiger charge is 2.15. The van der Waals surface area contributed by atoms with Gasteiger partial charge < -0.3 is 9.73 Å². The van der Waals surface area contributed by atoms with Crippen molar-refractivity contribution in [3.8, 4) is 0 Å². The molecule has 2 rings (SSSR count). The lowest BCUT2D eigenvalue weighted by molar-refractivity contribution is 0.489. The van der Waals surface area contributed by atoms with E-state index in [0.29, 0.717) is 6.04 Å². The number of hydrogen-bond donors (Lipinski definition) is 1. The van der Waals surface area contributed by atoms with Crippen LogP contribution in [0.15, 0.2) is 33.8 Å². The highest BCUT2D eigenvalue weighted by Crippen LogP contribution is 2.27. The molecule has 0 amide bonds. The van der Waals surface area contributed by atoms with Crippen molar-refractivity contribution in [2.75, 3.05) is 6.54 Å². The van der Waals surface area contributed by atoms with Gasteiger partial charge in [0.15, 0.2) is 4.67 Å². The van der Waals surface area contributed by atoms with Crippen LogP contribution < -0.4 is 5.32 Å². The SMILES string of the molecule is CCNC(CCc1cnn(C)c1)c1ccoc1Br. The van der Waals surface area contributed by atoms with E-state index in [1.54, 1.807) is 6.26 Å². The maximum absolute atomic E-state index is 5.31. The van der Waals surface area contributed by atoms with E-state index in [2.05, 4.69) is 39.5 Å². The monoisotopic (exact) mass is 311 g/mol. The van der Waals surface area contributed by atoms with E-state index < -0.39 is 0 Å². The Morgan fingerprint density at radius 3 is 2.94 bits per heavy atom. The molecule has 0 bridgehead atoms. The van der Waals surface area contributed by atoms with Gasteiger partial charge in [0.25, 0.3) is 0 Å². The molecule has 4 nitrogen and oxygen atoms in total. The van der Waals surface area contributed by atoms with Gasteiger partial charge in [0.2, 0.25) is 0 Å². The Bertz CT molecular complexity index is 492. The second-order valence-corrected chi connectivity index (χ2v) is 5.04. The molecule has 1 unspecified atom stereocenters. The number of hydrogen-bond acceptors (Lipinski definition) is 3. The molecule has 1 atom stereocenters. The lowest BCUT2D eigenvalue weighted by Gasteiger charge is -2.16. The highest BCUT2D eigenvalue weighted by atomic mass is 79.9. The molecule has 2 heterocycles. The Morgan fingerprint density at radius 1 is 1.56 bits per heavy atom. The van der Waals surface area contributed by atoms with Crippen molar-refractivity contribution in [1.82, 2.24) is 15.1 Å². The normalized spacial score (nSPS) is 12.8. The van der Waals surface area contributed by atoms with Crippen LogP contribution in [-0.2, 0) is 13.5 Å². The van der Waals surface area contributed by atoms with Gasteiger partial charge in [-0.25, -0.2) is 0 Å². The third kappa shape index (κ3) is 3.23. The summed E-state index contributed by atoms with van der Waals surface area (Å²) in [6.07, 6.45) is 7.73. The summed E-state index contributed by atoms with van der Waals surface area (Å²) in [6.45, 7) is 3.06. The van der Waals surface area contributed by atoms with E-state index in [-0.39, 0.29) is 0 Å². The zero-order chi connectivity index (χ0) is 13.0. The molecule has 98 valence electrons. The average Bonchev–Trinajstić information content (AvgIpc) is 2.94. The summed E-state index contributed by atoms with van der Waals surface area (Å²) in [5.41, 5.74) is 2.45. The van der Waals surface area contributed by atoms with Crippen LogP contribution in [0, 0.1) is 0 Å². The van der Waals surface area contributed by atoms with Gasteiger partial charge >= 0.3 is 0 Å². The fourth-order valence-corrected chi connectivity index (χ4v) is 2.60. The van der Waals surface area contributed by atoms with E-state index in [9.17, 15) is 0 Å². The van der Waals surface area contributed by atoms with Crippen molar-refractivity contribution in [2.45, 2.75) is 25.8 Å². The standard InChI is InChI=1S/C13H18BrN3O/c1-3-15-12(11-6-7-18-13(11)14)5-4-10-8-16-17(2)9-10/h6-9,12,15H,3-5H2,1-2H3. The maximum atomic E-state index is 5.31. The summed E-state index contributed by atoms with van der Waals surface area (Å²) in [6, 6.07) is 2.32. The molecule has 5 heteroatoms. The Morgan fingerprint density at radius 2 is 2.39 bits per heavy atom. The smallest absolute Gasteiger partial charge is 0.173 e. The molecule has 0 radical (unpaired) electrons. The molecule has 0 aromatic carbocycles. The fraction of sp³-hybridized carbons (Fsp3) is 0.462. The summed E-state index contributed by atoms with van der Waals surface area (Å²) in [5, 5.41) is 7.68. The van der Waals surface area contributed by atoms with Gasteiger partial charge in [0.05, 0.1) is 12.5 Å². The fourth-order valence-electron chi connectivity index (χ4n) is 2.08. The number of aryl methyl sites for hydroxylation is 2. The first-order valence-electron chi connectivity index (χ1n) is 6.14. The number of nitrogens with zero attached hydrogens (tertiary/aromatic N) is 2. The average molecular weight is 312 g/mol. The topological polar surface area (TPSA) is 43.0 Å². The van der Waals surface area contributed by atoms with Gasteiger partial charge in [0, 0.05) is 24.8 Å². The Kier molecular flexibility index (Phi) is 4.60. The minimum absolute atomic E-state index is 0.309. The first kappa shape index (κ1) is 13.4. The predicted molar refractivity (Wildman–Crippen MR) is 74.4 cm³/mol. The second-order valence-electron chi connectivity index (χ2n) is 4.32. The molecule has 0 aliphatic rings. The third-order valence-electron chi connectivity index (χ3n) is 2.95.